The van der Waals surface area contributed by atoms with Gasteiger partial charge in [-0.3, -0.25) is 4.79 Å². The first-order chi connectivity index (χ1) is 12.6. The Morgan fingerprint density at radius 1 is 1.08 bits per heavy atom. The lowest BCUT2D eigenvalue weighted by Crippen LogP contribution is -2.50. The molecule has 2 aromatic rings. The van der Waals surface area contributed by atoms with E-state index in [1.165, 1.54) is 0 Å². The summed E-state index contributed by atoms with van der Waals surface area (Å²) in [5.74, 6) is 0.0413. The molecule has 0 unspecified atom stereocenters. The van der Waals surface area contributed by atoms with Gasteiger partial charge in [0.2, 0.25) is 5.91 Å². The number of nitrogens with one attached hydrogen (secondary N) is 2. The molecule has 0 bridgehead atoms. The van der Waals surface area contributed by atoms with Crippen LogP contribution in [0, 0.1) is 0 Å². The van der Waals surface area contributed by atoms with Crippen molar-refractivity contribution < 1.29 is 9.59 Å². The van der Waals surface area contributed by atoms with E-state index >= 15 is 0 Å². The van der Waals surface area contributed by atoms with Gasteiger partial charge in [-0.1, -0.05) is 17.7 Å². The molecule has 7 heteroatoms. The fourth-order valence-electron chi connectivity index (χ4n) is 3.35. The monoisotopic (exact) mass is 370 g/mol. The maximum Gasteiger partial charge on any atom is 0.321 e. The Morgan fingerprint density at radius 3 is 2.65 bits per heavy atom. The third kappa shape index (κ3) is 3.46. The van der Waals surface area contributed by atoms with Crippen molar-refractivity contribution in [1.82, 2.24) is 4.90 Å². The number of benzene rings is 2. The number of hydrogen-bond acceptors (Lipinski definition) is 3. The van der Waals surface area contributed by atoms with Gasteiger partial charge in [-0.15, -0.1) is 0 Å². The second kappa shape index (κ2) is 6.88. The molecule has 0 aromatic heterocycles. The third-order valence-electron chi connectivity index (χ3n) is 4.72. The number of carbonyl (C=O) groups excluding carboxylic acids is 2. The minimum atomic E-state index is -0.115. The molecule has 2 N–H and O–H groups in total. The van der Waals surface area contributed by atoms with Crippen molar-refractivity contribution in [2.45, 2.75) is 6.42 Å². The van der Waals surface area contributed by atoms with Gasteiger partial charge in [0.1, 0.15) is 0 Å². The fraction of sp³-hybridized carbons (Fsp3) is 0.263. The van der Waals surface area contributed by atoms with Gasteiger partial charge in [0.05, 0.1) is 6.42 Å². The zero-order valence-corrected chi connectivity index (χ0v) is 14.9. The lowest BCUT2D eigenvalue weighted by molar-refractivity contribution is -0.115. The molecule has 0 atom stereocenters. The van der Waals surface area contributed by atoms with Crippen molar-refractivity contribution in [3.63, 3.8) is 0 Å². The number of halogens is 1. The Balaban J connectivity index is 1.36. The van der Waals surface area contributed by atoms with E-state index in [2.05, 4.69) is 21.6 Å². The van der Waals surface area contributed by atoms with E-state index in [9.17, 15) is 9.59 Å². The smallest absolute Gasteiger partial charge is 0.321 e. The van der Waals surface area contributed by atoms with Crippen LogP contribution in [0.15, 0.2) is 42.5 Å². The Kier molecular flexibility index (Phi) is 4.42. The quantitative estimate of drug-likeness (QED) is 0.853. The predicted molar refractivity (Wildman–Crippen MR) is 103 cm³/mol. The molecule has 0 saturated carbocycles. The summed E-state index contributed by atoms with van der Waals surface area (Å²) in [6, 6.07) is 13.1. The van der Waals surface area contributed by atoms with Crippen molar-refractivity contribution in [3.05, 3.63) is 53.1 Å². The minimum Gasteiger partial charge on any atom is -0.368 e. The normalized spacial score (nSPS) is 16.3. The van der Waals surface area contributed by atoms with Crippen LogP contribution in [0.1, 0.15) is 5.56 Å². The van der Waals surface area contributed by atoms with Crippen molar-refractivity contribution >= 4 is 40.6 Å². The zero-order valence-electron chi connectivity index (χ0n) is 14.2. The van der Waals surface area contributed by atoms with Gasteiger partial charge >= 0.3 is 6.03 Å². The van der Waals surface area contributed by atoms with Crippen LogP contribution in [0.4, 0.5) is 21.9 Å². The van der Waals surface area contributed by atoms with Crippen LogP contribution in [-0.2, 0) is 11.2 Å². The summed E-state index contributed by atoms with van der Waals surface area (Å²) in [5, 5.41) is 6.33. The molecule has 2 heterocycles. The molecule has 2 aliphatic heterocycles. The molecule has 0 aliphatic carbocycles. The topological polar surface area (TPSA) is 64.7 Å². The van der Waals surface area contributed by atoms with Gasteiger partial charge < -0.3 is 20.4 Å². The van der Waals surface area contributed by atoms with E-state index in [0.29, 0.717) is 30.2 Å². The van der Waals surface area contributed by atoms with Crippen molar-refractivity contribution in [2.75, 3.05) is 41.7 Å². The van der Waals surface area contributed by atoms with Crippen LogP contribution < -0.4 is 15.5 Å². The number of piperazine rings is 1. The summed E-state index contributed by atoms with van der Waals surface area (Å²) in [6.45, 7) is 2.79. The molecule has 2 aromatic carbocycles. The van der Waals surface area contributed by atoms with Crippen LogP contribution in [0.3, 0.4) is 0 Å². The number of anilines is 3. The maximum absolute atomic E-state index is 12.4. The highest BCUT2D eigenvalue weighted by molar-refractivity contribution is 6.30. The Labute approximate surface area is 156 Å². The van der Waals surface area contributed by atoms with Crippen molar-refractivity contribution in [2.24, 2.45) is 0 Å². The summed E-state index contributed by atoms with van der Waals surface area (Å²) in [6.07, 6.45) is 0.436. The highest BCUT2D eigenvalue weighted by Gasteiger charge is 2.23. The first kappa shape index (κ1) is 16.7. The number of hydrogen-bond donors (Lipinski definition) is 2. The average Bonchev–Trinajstić information content (AvgIpc) is 3.01. The van der Waals surface area contributed by atoms with Crippen LogP contribution in [0.5, 0.6) is 0 Å². The first-order valence-electron chi connectivity index (χ1n) is 8.58. The van der Waals surface area contributed by atoms with Gasteiger partial charge in [-0.05, 0) is 42.0 Å². The highest BCUT2D eigenvalue weighted by atomic mass is 35.5. The van der Waals surface area contributed by atoms with Crippen LogP contribution >= 0.6 is 11.6 Å². The summed E-state index contributed by atoms with van der Waals surface area (Å²) < 4.78 is 0. The lowest BCUT2D eigenvalue weighted by Gasteiger charge is -2.36. The van der Waals surface area contributed by atoms with E-state index in [0.717, 1.165) is 30.0 Å². The molecule has 3 amide bonds. The Hall–Kier alpha value is -2.73. The predicted octanol–water partition coefficient (Wildman–Crippen LogP) is 3.19. The number of rotatable bonds is 2. The highest BCUT2D eigenvalue weighted by Crippen LogP contribution is 2.28. The number of fused-ring (bicyclic) bond motifs is 1. The fourth-order valence-corrected chi connectivity index (χ4v) is 3.54. The van der Waals surface area contributed by atoms with Crippen LogP contribution in [0.2, 0.25) is 5.02 Å². The number of carbonyl (C=O) groups is 2. The summed E-state index contributed by atoms with van der Waals surface area (Å²) >= 11 is 5.95. The van der Waals surface area contributed by atoms with Crippen molar-refractivity contribution in [3.8, 4) is 0 Å². The largest absolute Gasteiger partial charge is 0.368 e. The molecular weight excluding hydrogens is 352 g/mol. The summed E-state index contributed by atoms with van der Waals surface area (Å²) in [5.41, 5.74) is 3.72. The average molecular weight is 371 g/mol. The molecule has 0 spiro atoms. The lowest BCUT2D eigenvalue weighted by atomic mass is 10.1. The SMILES string of the molecule is O=C1Cc2cc(N3CCN(C(=O)Nc4cccc(Cl)c4)CC3)ccc2N1. The summed E-state index contributed by atoms with van der Waals surface area (Å²) in [7, 11) is 0. The zero-order chi connectivity index (χ0) is 18.1. The number of nitrogens with zero attached hydrogens (tertiary/aromatic N) is 2. The van der Waals surface area contributed by atoms with Gasteiger partial charge in [0, 0.05) is 48.3 Å². The van der Waals surface area contributed by atoms with Crippen molar-refractivity contribution in [1.29, 1.82) is 0 Å². The second-order valence-corrected chi connectivity index (χ2v) is 6.92. The second-order valence-electron chi connectivity index (χ2n) is 6.48. The molecule has 1 fully saturated rings. The molecule has 134 valence electrons. The van der Waals surface area contributed by atoms with Gasteiger partial charge in [0.15, 0.2) is 0 Å². The Bertz CT molecular complexity index is 862. The number of urea groups is 1. The first-order valence-corrected chi connectivity index (χ1v) is 8.95. The standard InChI is InChI=1S/C19H19ClN4O2/c20-14-2-1-3-15(12-14)21-19(26)24-8-6-23(7-9-24)16-4-5-17-13(10-16)11-18(25)22-17/h1-5,10,12H,6-9,11H2,(H,21,26)(H,22,25). The van der Waals surface area contributed by atoms with Gasteiger partial charge in [-0.2, -0.15) is 0 Å². The van der Waals surface area contributed by atoms with E-state index in [-0.39, 0.29) is 11.9 Å². The Morgan fingerprint density at radius 2 is 1.88 bits per heavy atom. The third-order valence-corrected chi connectivity index (χ3v) is 4.96. The van der Waals surface area contributed by atoms with E-state index in [4.69, 9.17) is 11.6 Å². The molecule has 6 nitrogen and oxygen atoms in total. The van der Waals surface area contributed by atoms with E-state index in [1.54, 1.807) is 17.0 Å². The van der Waals surface area contributed by atoms with Gasteiger partial charge in [0.25, 0.3) is 0 Å². The minimum absolute atomic E-state index is 0.0413. The molecule has 1 saturated heterocycles. The summed E-state index contributed by atoms with van der Waals surface area (Å²) in [4.78, 5) is 28.0. The molecule has 26 heavy (non-hydrogen) atoms. The molecular formula is C19H19ClN4O2. The van der Waals surface area contributed by atoms with Crippen LogP contribution in [0.25, 0.3) is 0 Å². The molecule has 4 rings (SSSR count). The van der Waals surface area contributed by atoms with E-state index in [1.807, 2.05) is 24.3 Å². The molecule has 0 radical (unpaired) electrons. The maximum atomic E-state index is 12.4. The van der Waals surface area contributed by atoms with E-state index < -0.39 is 0 Å². The van der Waals surface area contributed by atoms with Crippen LogP contribution in [-0.4, -0.2) is 43.0 Å². The van der Waals surface area contributed by atoms with Gasteiger partial charge in [-0.25, -0.2) is 4.79 Å². The number of amides is 3. The molecule has 2 aliphatic rings.